The van der Waals surface area contributed by atoms with Gasteiger partial charge in [-0.2, -0.15) is 0 Å². The molecule has 7 heteroatoms. The Hall–Kier alpha value is -2.41. The fourth-order valence-electron chi connectivity index (χ4n) is 1.81. The summed E-state index contributed by atoms with van der Waals surface area (Å²) in [5.74, 6) is 0. The summed E-state index contributed by atoms with van der Waals surface area (Å²) in [5, 5.41) is 15.9. The second-order valence-corrected chi connectivity index (χ2v) is 5.48. The fourth-order valence-corrected chi connectivity index (χ4v) is 2.08. The SMILES string of the molecule is O=C(NCCc1ccc(Br)cc1)Nc1ccc([N+](=O)[O-])cc1. The molecule has 0 unspecified atom stereocenters. The van der Waals surface area contributed by atoms with Crippen LogP contribution in [0, 0.1) is 10.1 Å². The number of nitrogens with one attached hydrogen (secondary N) is 2. The molecule has 0 bridgehead atoms. The molecular formula is C15H14BrN3O3. The Morgan fingerprint density at radius 1 is 1.09 bits per heavy atom. The Labute approximate surface area is 135 Å². The molecule has 0 aliphatic heterocycles. The fraction of sp³-hybridized carbons (Fsp3) is 0.133. The number of carbonyl (C=O) groups excluding carboxylic acids is 1. The molecule has 2 aromatic rings. The second-order valence-electron chi connectivity index (χ2n) is 4.56. The molecule has 0 aromatic heterocycles. The van der Waals surface area contributed by atoms with Crippen molar-refractivity contribution in [2.75, 3.05) is 11.9 Å². The van der Waals surface area contributed by atoms with E-state index in [0.29, 0.717) is 12.2 Å². The van der Waals surface area contributed by atoms with Crippen LogP contribution in [0.25, 0.3) is 0 Å². The van der Waals surface area contributed by atoms with Crippen molar-refractivity contribution in [2.45, 2.75) is 6.42 Å². The quantitative estimate of drug-likeness (QED) is 0.626. The van der Waals surface area contributed by atoms with Gasteiger partial charge in [0.2, 0.25) is 0 Å². The lowest BCUT2D eigenvalue weighted by molar-refractivity contribution is -0.384. The minimum absolute atomic E-state index is 0.0128. The summed E-state index contributed by atoms with van der Waals surface area (Å²) in [5.41, 5.74) is 1.62. The number of non-ortho nitro benzene ring substituents is 1. The number of hydrogen-bond acceptors (Lipinski definition) is 3. The summed E-state index contributed by atoms with van der Waals surface area (Å²) in [6.07, 6.45) is 0.723. The van der Waals surface area contributed by atoms with Gasteiger partial charge in [-0.15, -0.1) is 0 Å². The summed E-state index contributed by atoms with van der Waals surface area (Å²) in [7, 11) is 0. The van der Waals surface area contributed by atoms with Crippen LogP contribution in [0.5, 0.6) is 0 Å². The van der Waals surface area contributed by atoms with Gasteiger partial charge in [0, 0.05) is 28.8 Å². The van der Waals surface area contributed by atoms with E-state index in [1.807, 2.05) is 24.3 Å². The van der Waals surface area contributed by atoms with Gasteiger partial charge < -0.3 is 10.6 Å². The van der Waals surface area contributed by atoms with Gasteiger partial charge in [-0.05, 0) is 36.2 Å². The van der Waals surface area contributed by atoms with E-state index in [-0.39, 0.29) is 11.7 Å². The van der Waals surface area contributed by atoms with Crippen molar-refractivity contribution in [1.29, 1.82) is 0 Å². The van der Waals surface area contributed by atoms with E-state index in [1.165, 1.54) is 24.3 Å². The van der Waals surface area contributed by atoms with Crippen LogP contribution in [-0.4, -0.2) is 17.5 Å². The molecule has 0 spiro atoms. The maximum absolute atomic E-state index is 11.7. The molecule has 0 fully saturated rings. The van der Waals surface area contributed by atoms with E-state index in [1.54, 1.807) is 0 Å². The first kappa shape index (κ1) is 16.0. The third-order valence-electron chi connectivity index (χ3n) is 2.95. The Balaban J connectivity index is 1.77. The van der Waals surface area contributed by atoms with Crippen molar-refractivity contribution >= 4 is 33.3 Å². The van der Waals surface area contributed by atoms with Crippen molar-refractivity contribution in [3.05, 3.63) is 68.7 Å². The van der Waals surface area contributed by atoms with E-state index in [0.717, 1.165) is 16.5 Å². The van der Waals surface area contributed by atoms with Crippen molar-refractivity contribution in [3.8, 4) is 0 Å². The zero-order chi connectivity index (χ0) is 15.9. The Morgan fingerprint density at radius 3 is 2.32 bits per heavy atom. The second kappa shape index (κ2) is 7.56. The van der Waals surface area contributed by atoms with Crippen LogP contribution in [0.15, 0.2) is 53.0 Å². The predicted molar refractivity (Wildman–Crippen MR) is 88.0 cm³/mol. The maximum Gasteiger partial charge on any atom is 0.319 e. The van der Waals surface area contributed by atoms with Gasteiger partial charge in [-0.25, -0.2) is 4.79 Å². The number of hydrogen-bond donors (Lipinski definition) is 2. The van der Waals surface area contributed by atoms with Crippen LogP contribution < -0.4 is 10.6 Å². The van der Waals surface area contributed by atoms with Crippen LogP contribution in [-0.2, 0) is 6.42 Å². The molecule has 2 N–H and O–H groups in total. The third-order valence-corrected chi connectivity index (χ3v) is 3.48. The van der Waals surface area contributed by atoms with Crippen LogP contribution in [0.4, 0.5) is 16.2 Å². The molecule has 0 saturated heterocycles. The molecule has 0 aliphatic rings. The number of benzene rings is 2. The number of nitro benzene ring substituents is 1. The highest BCUT2D eigenvalue weighted by atomic mass is 79.9. The summed E-state index contributed by atoms with van der Waals surface area (Å²) < 4.78 is 1.01. The number of nitrogens with zero attached hydrogens (tertiary/aromatic N) is 1. The van der Waals surface area contributed by atoms with Crippen LogP contribution in [0.3, 0.4) is 0 Å². The first-order valence-corrected chi connectivity index (χ1v) is 7.37. The first-order valence-electron chi connectivity index (χ1n) is 6.58. The monoisotopic (exact) mass is 363 g/mol. The molecule has 6 nitrogen and oxygen atoms in total. The standard InChI is InChI=1S/C15H14BrN3O3/c16-12-3-1-11(2-4-12)9-10-17-15(20)18-13-5-7-14(8-6-13)19(21)22/h1-8H,9-10H2,(H2,17,18,20). The predicted octanol–water partition coefficient (Wildman–Crippen LogP) is 3.72. The summed E-state index contributed by atoms with van der Waals surface area (Å²) in [6.45, 7) is 0.500. The normalized spacial score (nSPS) is 10.0. The number of anilines is 1. The minimum atomic E-state index is -0.484. The van der Waals surface area contributed by atoms with E-state index in [4.69, 9.17) is 0 Å². The highest BCUT2D eigenvalue weighted by molar-refractivity contribution is 9.10. The Morgan fingerprint density at radius 2 is 1.73 bits per heavy atom. The zero-order valence-electron chi connectivity index (χ0n) is 11.6. The van der Waals surface area contributed by atoms with Gasteiger partial charge in [0.1, 0.15) is 0 Å². The van der Waals surface area contributed by atoms with Crippen molar-refractivity contribution in [1.82, 2.24) is 5.32 Å². The van der Waals surface area contributed by atoms with Gasteiger partial charge in [-0.3, -0.25) is 10.1 Å². The molecule has 0 aliphatic carbocycles. The van der Waals surface area contributed by atoms with Gasteiger partial charge in [-0.1, -0.05) is 28.1 Å². The van der Waals surface area contributed by atoms with E-state index in [9.17, 15) is 14.9 Å². The van der Waals surface area contributed by atoms with Crippen LogP contribution in [0.1, 0.15) is 5.56 Å². The Bertz CT molecular complexity index is 657. The van der Waals surface area contributed by atoms with Crippen molar-refractivity contribution in [3.63, 3.8) is 0 Å². The smallest absolute Gasteiger partial charge is 0.319 e. The molecule has 0 saturated carbocycles. The molecule has 0 atom stereocenters. The lowest BCUT2D eigenvalue weighted by atomic mass is 10.1. The highest BCUT2D eigenvalue weighted by Gasteiger charge is 2.06. The number of nitro groups is 1. The summed E-state index contributed by atoms with van der Waals surface area (Å²) in [4.78, 5) is 21.8. The molecule has 114 valence electrons. The number of halogens is 1. The average Bonchev–Trinajstić information content (AvgIpc) is 2.50. The molecule has 22 heavy (non-hydrogen) atoms. The van der Waals surface area contributed by atoms with Gasteiger partial charge in [0.05, 0.1) is 4.92 Å². The molecule has 2 rings (SSSR count). The summed E-state index contributed by atoms with van der Waals surface area (Å²) in [6, 6.07) is 13.2. The molecule has 2 aromatic carbocycles. The minimum Gasteiger partial charge on any atom is -0.338 e. The largest absolute Gasteiger partial charge is 0.338 e. The zero-order valence-corrected chi connectivity index (χ0v) is 13.2. The lowest BCUT2D eigenvalue weighted by Gasteiger charge is -2.07. The van der Waals surface area contributed by atoms with E-state index >= 15 is 0 Å². The van der Waals surface area contributed by atoms with Crippen LogP contribution in [0.2, 0.25) is 0 Å². The van der Waals surface area contributed by atoms with Gasteiger partial charge >= 0.3 is 6.03 Å². The maximum atomic E-state index is 11.7. The highest BCUT2D eigenvalue weighted by Crippen LogP contribution is 2.15. The molecule has 0 radical (unpaired) electrons. The third kappa shape index (κ3) is 4.85. The van der Waals surface area contributed by atoms with Gasteiger partial charge in [0.15, 0.2) is 0 Å². The van der Waals surface area contributed by atoms with E-state index in [2.05, 4.69) is 26.6 Å². The first-order chi connectivity index (χ1) is 10.5. The number of amides is 2. The van der Waals surface area contributed by atoms with E-state index < -0.39 is 4.92 Å². The lowest BCUT2D eigenvalue weighted by Crippen LogP contribution is -2.30. The number of rotatable bonds is 5. The molecular weight excluding hydrogens is 350 g/mol. The van der Waals surface area contributed by atoms with Gasteiger partial charge in [0.25, 0.3) is 5.69 Å². The number of urea groups is 1. The number of carbonyl (C=O) groups is 1. The van der Waals surface area contributed by atoms with Crippen LogP contribution >= 0.6 is 15.9 Å². The van der Waals surface area contributed by atoms with Crippen molar-refractivity contribution < 1.29 is 9.72 Å². The average molecular weight is 364 g/mol. The molecule has 0 heterocycles. The topological polar surface area (TPSA) is 84.3 Å². The summed E-state index contributed by atoms with van der Waals surface area (Å²) >= 11 is 3.37. The molecule has 2 amide bonds. The van der Waals surface area contributed by atoms with Crippen molar-refractivity contribution in [2.24, 2.45) is 0 Å². The Kier molecular flexibility index (Phi) is 5.48.